The Kier molecular flexibility index (Phi) is 5.60. The molecule has 18 heavy (non-hydrogen) atoms. The van der Waals surface area contributed by atoms with E-state index in [1.54, 1.807) is 7.11 Å². The van der Waals surface area contributed by atoms with Gasteiger partial charge in [-0.1, -0.05) is 20.8 Å². The van der Waals surface area contributed by atoms with Crippen LogP contribution < -0.4 is 5.73 Å². The van der Waals surface area contributed by atoms with Crippen molar-refractivity contribution in [2.45, 2.75) is 46.1 Å². The number of carbonyl (C=O) groups is 1. The summed E-state index contributed by atoms with van der Waals surface area (Å²) in [7, 11) is 1.61. The van der Waals surface area contributed by atoms with Crippen molar-refractivity contribution in [3.63, 3.8) is 0 Å². The summed E-state index contributed by atoms with van der Waals surface area (Å²) < 4.78 is 5.16. The van der Waals surface area contributed by atoms with Crippen molar-refractivity contribution in [2.24, 2.45) is 17.1 Å². The first-order valence-electron chi connectivity index (χ1n) is 6.89. The summed E-state index contributed by atoms with van der Waals surface area (Å²) in [4.78, 5) is 14.0. The molecule has 0 saturated carbocycles. The molecule has 0 aromatic rings. The Morgan fingerprint density at radius 2 is 1.94 bits per heavy atom. The van der Waals surface area contributed by atoms with Crippen LogP contribution in [-0.4, -0.2) is 43.7 Å². The third-order valence-electron chi connectivity index (χ3n) is 4.07. The van der Waals surface area contributed by atoms with Crippen molar-refractivity contribution in [1.29, 1.82) is 0 Å². The molecule has 1 saturated heterocycles. The third kappa shape index (κ3) is 4.25. The largest absolute Gasteiger partial charge is 0.380 e. The van der Waals surface area contributed by atoms with Gasteiger partial charge in [0.15, 0.2) is 0 Å². The smallest absolute Gasteiger partial charge is 0.225 e. The first-order chi connectivity index (χ1) is 8.38. The molecule has 0 aromatic heterocycles. The molecule has 0 aliphatic carbocycles. The van der Waals surface area contributed by atoms with Crippen LogP contribution in [0.5, 0.6) is 0 Å². The first kappa shape index (κ1) is 15.4. The SMILES string of the molecule is COC(CN)CC(=O)N1CCC(C(C)(C)C)CC1. The number of ether oxygens (including phenoxy) is 1. The predicted octanol–water partition coefficient (Wildman–Crippen LogP) is 1.63. The number of piperidine rings is 1. The zero-order chi connectivity index (χ0) is 13.8. The van der Waals surface area contributed by atoms with Crippen LogP contribution in [0.1, 0.15) is 40.0 Å². The zero-order valence-corrected chi connectivity index (χ0v) is 12.2. The van der Waals surface area contributed by atoms with Crippen molar-refractivity contribution in [2.75, 3.05) is 26.7 Å². The van der Waals surface area contributed by atoms with Gasteiger partial charge < -0.3 is 15.4 Å². The number of nitrogens with two attached hydrogens (primary N) is 1. The number of methoxy groups -OCH3 is 1. The molecule has 1 heterocycles. The van der Waals surface area contributed by atoms with E-state index in [1.807, 2.05) is 4.90 Å². The Balaban J connectivity index is 2.41. The number of likely N-dealkylation sites (tertiary alicyclic amines) is 1. The molecule has 1 rings (SSSR count). The van der Waals surface area contributed by atoms with E-state index < -0.39 is 0 Å². The van der Waals surface area contributed by atoms with Crippen LogP contribution in [0.4, 0.5) is 0 Å². The molecule has 1 aliphatic heterocycles. The zero-order valence-electron chi connectivity index (χ0n) is 12.2. The Hall–Kier alpha value is -0.610. The summed E-state index contributed by atoms with van der Waals surface area (Å²) in [5, 5.41) is 0. The van der Waals surface area contributed by atoms with Crippen molar-refractivity contribution >= 4 is 5.91 Å². The van der Waals surface area contributed by atoms with Crippen molar-refractivity contribution < 1.29 is 9.53 Å². The second-order valence-electron chi connectivity index (χ2n) is 6.32. The van der Waals surface area contributed by atoms with Crippen molar-refractivity contribution in [3.05, 3.63) is 0 Å². The number of amides is 1. The van der Waals surface area contributed by atoms with E-state index in [0.29, 0.717) is 24.3 Å². The summed E-state index contributed by atoms with van der Waals surface area (Å²) in [6.07, 6.45) is 2.48. The number of nitrogens with zero attached hydrogens (tertiary/aromatic N) is 1. The Morgan fingerprint density at radius 3 is 2.33 bits per heavy atom. The second kappa shape index (κ2) is 6.53. The van der Waals surface area contributed by atoms with E-state index in [2.05, 4.69) is 20.8 Å². The van der Waals surface area contributed by atoms with Crippen LogP contribution in [0.15, 0.2) is 0 Å². The Morgan fingerprint density at radius 1 is 1.39 bits per heavy atom. The lowest BCUT2D eigenvalue weighted by Gasteiger charge is -2.39. The molecule has 0 aromatic carbocycles. The molecule has 1 fully saturated rings. The molecular formula is C14H28N2O2. The minimum absolute atomic E-state index is 0.141. The van der Waals surface area contributed by atoms with Gasteiger partial charge in [-0.15, -0.1) is 0 Å². The average Bonchev–Trinajstić information content (AvgIpc) is 2.34. The van der Waals surface area contributed by atoms with E-state index in [4.69, 9.17) is 10.5 Å². The molecule has 1 atom stereocenters. The lowest BCUT2D eigenvalue weighted by molar-refractivity contribution is -0.135. The summed E-state index contributed by atoms with van der Waals surface area (Å²) in [5.41, 5.74) is 5.89. The van der Waals surface area contributed by atoms with E-state index in [1.165, 1.54) is 0 Å². The van der Waals surface area contributed by atoms with Crippen LogP contribution >= 0.6 is 0 Å². The van der Waals surface area contributed by atoms with Gasteiger partial charge in [0.1, 0.15) is 0 Å². The molecule has 106 valence electrons. The molecule has 2 N–H and O–H groups in total. The van der Waals surface area contributed by atoms with Crippen LogP contribution in [0.25, 0.3) is 0 Å². The quantitative estimate of drug-likeness (QED) is 0.832. The minimum Gasteiger partial charge on any atom is -0.380 e. The standard InChI is InChI=1S/C14H28N2O2/c1-14(2,3)11-5-7-16(8-6-11)13(17)9-12(10-15)18-4/h11-12H,5-10,15H2,1-4H3. The van der Waals surface area contributed by atoms with Crippen molar-refractivity contribution in [3.8, 4) is 0 Å². The topological polar surface area (TPSA) is 55.6 Å². The molecule has 1 aliphatic rings. The van der Waals surface area contributed by atoms with Gasteiger partial charge in [0, 0.05) is 26.7 Å². The lowest BCUT2D eigenvalue weighted by atomic mass is 9.75. The lowest BCUT2D eigenvalue weighted by Crippen LogP contribution is -2.43. The number of carbonyl (C=O) groups excluding carboxylic acids is 1. The summed E-state index contributed by atoms with van der Waals surface area (Å²) in [5.74, 6) is 0.897. The van der Waals surface area contributed by atoms with Crippen LogP contribution in [0.3, 0.4) is 0 Å². The number of rotatable bonds is 4. The second-order valence-corrected chi connectivity index (χ2v) is 6.32. The van der Waals surface area contributed by atoms with E-state index >= 15 is 0 Å². The molecule has 0 bridgehead atoms. The fourth-order valence-corrected chi connectivity index (χ4v) is 2.58. The molecule has 1 amide bonds. The minimum atomic E-state index is -0.141. The highest BCUT2D eigenvalue weighted by Gasteiger charge is 2.30. The van der Waals surface area contributed by atoms with Crippen LogP contribution in [0, 0.1) is 11.3 Å². The molecular weight excluding hydrogens is 228 g/mol. The van der Waals surface area contributed by atoms with Crippen LogP contribution in [0.2, 0.25) is 0 Å². The monoisotopic (exact) mass is 256 g/mol. The number of hydrogen-bond donors (Lipinski definition) is 1. The van der Waals surface area contributed by atoms with E-state index in [-0.39, 0.29) is 12.0 Å². The summed E-state index contributed by atoms with van der Waals surface area (Å²) >= 11 is 0. The Bertz CT molecular complexity index is 261. The Labute approximate surface area is 111 Å². The highest BCUT2D eigenvalue weighted by atomic mass is 16.5. The van der Waals surface area contributed by atoms with Gasteiger partial charge >= 0.3 is 0 Å². The predicted molar refractivity (Wildman–Crippen MR) is 73.2 cm³/mol. The van der Waals surface area contributed by atoms with Gasteiger partial charge in [0.2, 0.25) is 5.91 Å². The maximum atomic E-state index is 12.1. The highest BCUT2D eigenvalue weighted by molar-refractivity contribution is 5.76. The molecule has 0 radical (unpaired) electrons. The van der Waals surface area contributed by atoms with E-state index in [0.717, 1.165) is 25.9 Å². The van der Waals surface area contributed by atoms with E-state index in [9.17, 15) is 4.79 Å². The average molecular weight is 256 g/mol. The first-order valence-corrected chi connectivity index (χ1v) is 6.89. The van der Waals surface area contributed by atoms with Gasteiger partial charge in [0.05, 0.1) is 12.5 Å². The normalized spacial score (nSPS) is 19.9. The summed E-state index contributed by atoms with van der Waals surface area (Å²) in [6, 6.07) is 0. The summed E-state index contributed by atoms with van der Waals surface area (Å²) in [6.45, 7) is 9.00. The molecule has 0 spiro atoms. The van der Waals surface area contributed by atoms with Gasteiger partial charge in [-0.3, -0.25) is 4.79 Å². The van der Waals surface area contributed by atoms with Gasteiger partial charge in [0.25, 0.3) is 0 Å². The maximum absolute atomic E-state index is 12.1. The molecule has 4 nitrogen and oxygen atoms in total. The molecule has 1 unspecified atom stereocenters. The molecule has 4 heteroatoms. The fourth-order valence-electron chi connectivity index (χ4n) is 2.58. The van der Waals surface area contributed by atoms with Crippen molar-refractivity contribution in [1.82, 2.24) is 4.90 Å². The third-order valence-corrected chi connectivity index (χ3v) is 4.07. The van der Waals surface area contributed by atoms with Gasteiger partial charge in [-0.2, -0.15) is 0 Å². The highest BCUT2D eigenvalue weighted by Crippen LogP contribution is 2.34. The van der Waals surface area contributed by atoms with Gasteiger partial charge in [-0.25, -0.2) is 0 Å². The van der Waals surface area contributed by atoms with Gasteiger partial charge in [-0.05, 0) is 24.2 Å². The van der Waals surface area contributed by atoms with Crippen LogP contribution in [-0.2, 0) is 9.53 Å². The fraction of sp³-hybridized carbons (Fsp3) is 0.929. The maximum Gasteiger partial charge on any atom is 0.225 e. The number of hydrogen-bond acceptors (Lipinski definition) is 3.